The number of carbonyl (C=O) groups excluding carboxylic acids is 2. The van der Waals surface area contributed by atoms with E-state index in [1.54, 1.807) is 32.3 Å². The summed E-state index contributed by atoms with van der Waals surface area (Å²) in [7, 11) is -1.11. The molecule has 6 rings (SSSR count). The Morgan fingerprint density at radius 2 is 1.83 bits per heavy atom. The van der Waals surface area contributed by atoms with Crippen LogP contribution in [-0.2, 0) is 14.1 Å². The highest BCUT2D eigenvalue weighted by Gasteiger charge is 2.37. The number of para-hydroxylation sites is 1. The lowest BCUT2D eigenvalue weighted by Crippen LogP contribution is -2.21. The number of carbonyl (C=O) groups is 2. The Bertz CT molecular complexity index is 2130. The number of hydrogen-bond donors (Lipinski definition) is 1. The largest absolute Gasteiger partial charge is 0.469 e. The van der Waals surface area contributed by atoms with Gasteiger partial charge in [0.1, 0.15) is 0 Å². The number of methoxy groups -OCH3 is 1. The van der Waals surface area contributed by atoms with Crippen LogP contribution >= 0.6 is 30.6 Å². The lowest BCUT2D eigenvalue weighted by Gasteiger charge is -2.21. The second kappa shape index (κ2) is 13.9. The Morgan fingerprint density at radius 3 is 2.60 bits per heavy atom. The van der Waals surface area contributed by atoms with Gasteiger partial charge in [0, 0.05) is 28.4 Å². The van der Waals surface area contributed by atoms with Gasteiger partial charge in [-0.2, -0.15) is 9.55 Å². The molecule has 0 spiro atoms. The molecule has 0 bridgehead atoms. The molecule has 3 aromatic heterocycles. The number of fused-ring (bicyclic) bond motifs is 2. The number of pyridine rings is 1. The first kappa shape index (κ1) is 32.2. The molecule has 6 aromatic rings. The van der Waals surface area contributed by atoms with E-state index in [0.29, 0.717) is 27.7 Å². The van der Waals surface area contributed by atoms with Gasteiger partial charge in [0.05, 0.1) is 51.9 Å². The Balaban J connectivity index is 1.50. The molecule has 3 aromatic carbocycles. The number of rotatable bonds is 11. The van der Waals surface area contributed by atoms with Gasteiger partial charge in [0.25, 0.3) is 11.1 Å². The van der Waals surface area contributed by atoms with E-state index < -0.39 is 19.4 Å². The van der Waals surface area contributed by atoms with Crippen molar-refractivity contribution in [2.75, 3.05) is 20.3 Å². The van der Waals surface area contributed by atoms with Gasteiger partial charge in [-0.15, -0.1) is 0 Å². The lowest BCUT2D eigenvalue weighted by atomic mass is 10.2. The first-order chi connectivity index (χ1) is 22.8. The second-order valence-corrected chi connectivity index (χ2v) is 14.8. The van der Waals surface area contributed by atoms with Gasteiger partial charge < -0.3 is 14.6 Å². The van der Waals surface area contributed by atoms with Crippen LogP contribution in [-0.4, -0.2) is 51.7 Å². The summed E-state index contributed by atoms with van der Waals surface area (Å²) in [6, 6.07) is 26.1. The summed E-state index contributed by atoms with van der Waals surface area (Å²) >= 11 is 2.66. The van der Waals surface area contributed by atoms with Crippen molar-refractivity contribution < 1.29 is 23.4 Å². The first-order valence-electron chi connectivity index (χ1n) is 14.6. The molecule has 0 aliphatic rings. The summed E-state index contributed by atoms with van der Waals surface area (Å²) < 4.78 is 28.7. The molecular weight excluding hydrogens is 654 g/mol. The van der Waals surface area contributed by atoms with Gasteiger partial charge in [0.15, 0.2) is 0 Å². The van der Waals surface area contributed by atoms with Crippen LogP contribution in [0.4, 0.5) is 0 Å². The van der Waals surface area contributed by atoms with Gasteiger partial charge >= 0.3 is 13.5 Å². The number of hydrogen-bond acceptors (Lipinski definition) is 10. The van der Waals surface area contributed by atoms with Crippen molar-refractivity contribution in [3.8, 4) is 5.19 Å². The van der Waals surface area contributed by atoms with Crippen molar-refractivity contribution in [2.24, 2.45) is 5.92 Å². The van der Waals surface area contributed by atoms with Crippen LogP contribution in [0.5, 0.6) is 5.19 Å². The number of nitrogens with zero attached hydrogens (tertiary/aromatic N) is 4. The highest BCUT2D eigenvalue weighted by atomic mass is 32.2. The Hall–Kier alpha value is -4.77. The van der Waals surface area contributed by atoms with Crippen molar-refractivity contribution in [3.63, 3.8) is 0 Å². The number of benzene rings is 3. The summed E-state index contributed by atoms with van der Waals surface area (Å²) in [4.78, 5) is 35.7. The number of aromatic nitrogens is 4. The van der Waals surface area contributed by atoms with Crippen LogP contribution in [0.25, 0.3) is 33.3 Å². The van der Waals surface area contributed by atoms with Gasteiger partial charge in [-0.05, 0) is 66.7 Å². The molecule has 0 aliphatic heterocycles. The van der Waals surface area contributed by atoms with Gasteiger partial charge in [-0.25, -0.2) is 4.98 Å². The maximum absolute atomic E-state index is 15.2. The maximum Gasteiger partial charge on any atom is 0.366 e. The minimum atomic E-state index is -3.99. The number of amides is 1. The summed E-state index contributed by atoms with van der Waals surface area (Å²) in [6.07, 6.45) is 5.14. The van der Waals surface area contributed by atoms with E-state index in [9.17, 15) is 9.59 Å². The zero-order valence-electron chi connectivity index (χ0n) is 25.7. The second-order valence-electron chi connectivity index (χ2n) is 10.5. The Kier molecular flexibility index (Phi) is 9.53. The molecule has 2 atom stereocenters. The average molecular weight is 684 g/mol. The van der Waals surface area contributed by atoms with Crippen LogP contribution in [0.3, 0.4) is 0 Å². The van der Waals surface area contributed by atoms with Gasteiger partial charge in [-0.1, -0.05) is 60.4 Å². The maximum atomic E-state index is 15.2. The van der Waals surface area contributed by atoms with Crippen molar-refractivity contribution in [2.45, 2.75) is 16.7 Å². The van der Waals surface area contributed by atoms with E-state index in [2.05, 4.69) is 15.3 Å². The van der Waals surface area contributed by atoms with E-state index in [-0.39, 0.29) is 17.3 Å². The molecule has 0 radical (unpaired) electrons. The molecule has 0 saturated heterocycles. The van der Waals surface area contributed by atoms with E-state index in [1.165, 1.54) is 34.7 Å². The van der Waals surface area contributed by atoms with Gasteiger partial charge in [-0.3, -0.25) is 19.1 Å². The SMILES string of the molecule is CNC(=O)c1ccccc1Sc1ccc2c(/C=C/c3ccccn3)nn(P(=O)(C[C@@H](C)C(=O)OC)Oc3nc4ccccc4s3)c2c1. The predicted octanol–water partition coefficient (Wildman–Crippen LogP) is 7.65. The van der Waals surface area contributed by atoms with Crippen LogP contribution in [0.1, 0.15) is 28.7 Å². The third-order valence-electron chi connectivity index (χ3n) is 7.24. The van der Waals surface area contributed by atoms with Crippen molar-refractivity contribution >= 4 is 75.8 Å². The number of ether oxygens (including phenoxy) is 1. The fraction of sp³-hybridized carbons (Fsp3) is 0.147. The average Bonchev–Trinajstić information content (AvgIpc) is 3.68. The quantitative estimate of drug-likeness (QED) is 0.108. The summed E-state index contributed by atoms with van der Waals surface area (Å²) in [5.74, 6) is -1.50. The van der Waals surface area contributed by atoms with Crippen molar-refractivity contribution in [3.05, 3.63) is 108 Å². The molecule has 0 aliphatic carbocycles. The highest BCUT2D eigenvalue weighted by Crippen LogP contribution is 2.53. The van der Waals surface area contributed by atoms with E-state index in [4.69, 9.17) is 14.4 Å². The van der Waals surface area contributed by atoms with Gasteiger partial charge in [0.2, 0.25) is 0 Å². The lowest BCUT2D eigenvalue weighted by molar-refractivity contribution is -0.144. The topological polar surface area (TPSA) is 125 Å². The standard InChI is InChI=1S/C34H30N5O5PS2/c1-22(33(41)43-3)21-45(42,44-34-37-28-12-5-7-14-31(28)47-34)39-29-20-24(46-30-13-6-4-11-26(30)32(40)35-2)16-17-25(29)27(38-39)18-15-23-10-8-9-19-36-23/h4-20,22H,21H2,1-3H3,(H,35,40)/b18-15+/t22-,45?/m1/s1. The number of nitrogens with one attached hydrogen (secondary N) is 1. The van der Waals surface area contributed by atoms with Crippen LogP contribution in [0.15, 0.2) is 101 Å². The summed E-state index contributed by atoms with van der Waals surface area (Å²) in [5, 5.41) is 8.43. The third kappa shape index (κ3) is 7.00. The van der Waals surface area contributed by atoms with E-state index >= 15 is 4.57 Å². The molecule has 1 N–H and O–H groups in total. The monoisotopic (exact) mass is 683 g/mol. The fourth-order valence-corrected chi connectivity index (χ4v) is 9.29. The minimum Gasteiger partial charge on any atom is -0.469 e. The molecule has 1 unspecified atom stereocenters. The molecule has 10 nitrogen and oxygen atoms in total. The van der Waals surface area contributed by atoms with Crippen molar-refractivity contribution in [1.29, 1.82) is 0 Å². The van der Waals surface area contributed by atoms with Crippen LogP contribution in [0, 0.1) is 5.92 Å². The fourth-order valence-electron chi connectivity index (χ4n) is 4.95. The zero-order valence-corrected chi connectivity index (χ0v) is 28.2. The van der Waals surface area contributed by atoms with Crippen LogP contribution in [0.2, 0.25) is 0 Å². The molecule has 3 heterocycles. The summed E-state index contributed by atoms with van der Waals surface area (Å²) in [5.41, 5.74) is 3.02. The molecule has 238 valence electrons. The number of esters is 1. The van der Waals surface area contributed by atoms with Crippen molar-refractivity contribution in [1.82, 2.24) is 24.8 Å². The molecule has 47 heavy (non-hydrogen) atoms. The Labute approximate surface area is 279 Å². The van der Waals surface area contributed by atoms with E-state index in [1.807, 2.05) is 84.9 Å². The molecule has 0 saturated carbocycles. The third-order valence-corrected chi connectivity index (χ3v) is 11.7. The first-order valence-corrected chi connectivity index (χ1v) is 18.0. The predicted molar refractivity (Wildman–Crippen MR) is 186 cm³/mol. The normalized spacial score (nSPS) is 13.4. The smallest absolute Gasteiger partial charge is 0.366 e. The van der Waals surface area contributed by atoms with E-state index in [0.717, 1.165) is 20.2 Å². The van der Waals surface area contributed by atoms with Crippen LogP contribution < -0.4 is 9.84 Å². The summed E-state index contributed by atoms with van der Waals surface area (Å²) in [6.45, 7) is 1.64. The minimum absolute atomic E-state index is 0.188. The Morgan fingerprint density at radius 1 is 1.04 bits per heavy atom. The number of thiazole rings is 1. The zero-order chi connectivity index (χ0) is 33.0. The highest BCUT2D eigenvalue weighted by molar-refractivity contribution is 7.99. The molecule has 1 amide bonds. The molecule has 13 heteroatoms. The molecular formula is C34H30N5O5PS2. The molecule has 0 fully saturated rings.